The van der Waals surface area contributed by atoms with Crippen molar-refractivity contribution in [1.29, 1.82) is 0 Å². The highest BCUT2D eigenvalue weighted by Crippen LogP contribution is 2.20. The number of rotatable bonds is 10. The summed E-state index contributed by atoms with van der Waals surface area (Å²) in [4.78, 5) is 20.7. The van der Waals surface area contributed by atoms with Gasteiger partial charge in [0.1, 0.15) is 24.1 Å². The van der Waals surface area contributed by atoms with Gasteiger partial charge in [0, 0.05) is 25.4 Å². The molecule has 4 aromatic rings. The molecular formula is C25H29N9O2. The number of carbonyl (C=O) groups is 1. The molecule has 2 aromatic carbocycles. The Morgan fingerprint density at radius 2 is 1.64 bits per heavy atom. The van der Waals surface area contributed by atoms with Crippen LogP contribution in [0.15, 0.2) is 48.5 Å². The molecule has 2 heterocycles. The Labute approximate surface area is 209 Å². The maximum atomic E-state index is 11.8. The minimum absolute atomic E-state index is 0.00933. The summed E-state index contributed by atoms with van der Waals surface area (Å²) in [5.74, 6) is 2.42. The molecule has 11 nitrogen and oxygen atoms in total. The van der Waals surface area contributed by atoms with Gasteiger partial charge >= 0.3 is 0 Å². The fourth-order valence-electron chi connectivity index (χ4n) is 3.83. The molecule has 0 aliphatic heterocycles. The van der Waals surface area contributed by atoms with Gasteiger partial charge in [-0.25, -0.2) is 9.97 Å². The zero-order valence-corrected chi connectivity index (χ0v) is 20.7. The van der Waals surface area contributed by atoms with Crippen molar-refractivity contribution in [2.24, 2.45) is 0 Å². The summed E-state index contributed by atoms with van der Waals surface area (Å²) < 4.78 is 6.61. The fourth-order valence-corrected chi connectivity index (χ4v) is 3.83. The third kappa shape index (κ3) is 6.19. The van der Waals surface area contributed by atoms with E-state index in [9.17, 15) is 4.79 Å². The lowest BCUT2D eigenvalue weighted by Gasteiger charge is -2.13. The summed E-state index contributed by atoms with van der Waals surface area (Å²) >= 11 is 0. The number of aryl methyl sites for hydroxylation is 3. The number of hydrogen-bond donors (Lipinski definition) is 3. The summed E-state index contributed by atoms with van der Waals surface area (Å²) in [5.41, 5.74) is 4.86. The Morgan fingerprint density at radius 3 is 2.36 bits per heavy atom. The second kappa shape index (κ2) is 11.4. The lowest BCUT2D eigenvalue weighted by atomic mass is 10.1. The van der Waals surface area contributed by atoms with Crippen LogP contribution in [0.3, 0.4) is 0 Å². The smallest absolute Gasteiger partial charge is 0.250 e. The highest BCUT2D eigenvalue weighted by Gasteiger charge is 2.13. The van der Waals surface area contributed by atoms with E-state index in [4.69, 9.17) is 4.74 Å². The Balaban J connectivity index is 1.42. The number of nitrogens with one attached hydrogen (secondary N) is 3. The first-order valence-electron chi connectivity index (χ1n) is 11.5. The molecule has 0 spiro atoms. The molecule has 4 rings (SSSR count). The Bertz CT molecular complexity index is 1330. The van der Waals surface area contributed by atoms with Crippen LogP contribution in [0.5, 0.6) is 0 Å². The van der Waals surface area contributed by atoms with Crippen LogP contribution in [0.1, 0.15) is 28.3 Å². The lowest BCUT2D eigenvalue weighted by molar-refractivity contribution is -0.119. The Morgan fingerprint density at radius 1 is 0.944 bits per heavy atom. The van der Waals surface area contributed by atoms with E-state index < -0.39 is 0 Å². The van der Waals surface area contributed by atoms with Crippen LogP contribution in [0.4, 0.5) is 17.3 Å². The number of methoxy groups -OCH3 is 1. The monoisotopic (exact) mass is 487 g/mol. The number of aromatic nitrogens is 6. The number of amides is 1. The molecule has 3 N–H and O–H groups in total. The van der Waals surface area contributed by atoms with Crippen molar-refractivity contribution in [3.05, 3.63) is 76.9 Å². The predicted molar refractivity (Wildman–Crippen MR) is 137 cm³/mol. The molecule has 0 radical (unpaired) electrons. The van der Waals surface area contributed by atoms with Gasteiger partial charge in [-0.2, -0.15) is 4.68 Å². The molecule has 1 amide bonds. The van der Waals surface area contributed by atoms with Crippen LogP contribution < -0.4 is 16.0 Å². The number of nitrogens with zero attached hydrogens (tertiary/aromatic N) is 6. The van der Waals surface area contributed by atoms with E-state index in [1.165, 1.54) is 7.11 Å². The van der Waals surface area contributed by atoms with Crippen LogP contribution in [0.25, 0.3) is 5.69 Å². The Kier molecular flexibility index (Phi) is 7.81. The molecule has 2 aromatic heterocycles. The molecule has 0 atom stereocenters. The normalized spacial score (nSPS) is 10.8. The minimum Gasteiger partial charge on any atom is -0.375 e. The van der Waals surface area contributed by atoms with Crippen molar-refractivity contribution >= 4 is 23.2 Å². The van der Waals surface area contributed by atoms with Crippen molar-refractivity contribution in [1.82, 2.24) is 30.2 Å². The first-order chi connectivity index (χ1) is 17.4. The maximum Gasteiger partial charge on any atom is 0.250 e. The topological polar surface area (TPSA) is 132 Å². The SMILES string of the molecule is COCC(=O)Nc1cccc(CNc2cc(NCc3nnnn3-c3c(C)cccc3C)nc(C)n2)c1. The molecule has 0 fully saturated rings. The molecule has 0 aliphatic carbocycles. The van der Waals surface area contributed by atoms with Crippen molar-refractivity contribution in [3.63, 3.8) is 0 Å². The number of ether oxygens (including phenoxy) is 1. The van der Waals surface area contributed by atoms with E-state index in [2.05, 4.69) is 41.4 Å². The summed E-state index contributed by atoms with van der Waals surface area (Å²) in [5, 5.41) is 21.7. The predicted octanol–water partition coefficient (Wildman–Crippen LogP) is 3.19. The second-order valence-corrected chi connectivity index (χ2v) is 8.32. The zero-order valence-electron chi connectivity index (χ0n) is 20.7. The van der Waals surface area contributed by atoms with Crippen molar-refractivity contribution < 1.29 is 9.53 Å². The van der Waals surface area contributed by atoms with E-state index in [0.717, 1.165) is 22.4 Å². The molecular weight excluding hydrogens is 458 g/mol. The van der Waals surface area contributed by atoms with Gasteiger partial charge in [-0.05, 0) is 60.0 Å². The van der Waals surface area contributed by atoms with Gasteiger partial charge in [0.2, 0.25) is 5.91 Å². The summed E-state index contributed by atoms with van der Waals surface area (Å²) in [6.45, 7) is 6.83. The van der Waals surface area contributed by atoms with Crippen molar-refractivity contribution in [2.75, 3.05) is 29.7 Å². The molecule has 186 valence electrons. The van der Waals surface area contributed by atoms with Crippen LogP contribution in [0, 0.1) is 20.8 Å². The minimum atomic E-state index is -0.201. The van der Waals surface area contributed by atoms with E-state index in [1.807, 2.05) is 69.3 Å². The van der Waals surface area contributed by atoms with E-state index in [-0.39, 0.29) is 12.5 Å². The number of hydrogen-bond acceptors (Lipinski definition) is 9. The lowest BCUT2D eigenvalue weighted by Crippen LogP contribution is -2.17. The van der Waals surface area contributed by atoms with E-state index in [0.29, 0.717) is 42.1 Å². The zero-order chi connectivity index (χ0) is 25.5. The van der Waals surface area contributed by atoms with Crippen LogP contribution in [-0.2, 0) is 22.6 Å². The van der Waals surface area contributed by atoms with E-state index in [1.54, 1.807) is 4.68 Å². The first kappa shape index (κ1) is 24.7. The number of anilines is 3. The Hall–Kier alpha value is -4.38. The molecule has 0 saturated carbocycles. The molecule has 0 aliphatic rings. The van der Waals surface area contributed by atoms with Crippen LogP contribution in [-0.4, -0.2) is 49.8 Å². The standard InChI is InChI=1S/C25H29N9O2/c1-16-7-5-8-17(2)25(16)34-23(31-32-33-34)14-27-22-12-21(28-18(3)29-22)26-13-19-9-6-10-20(11-19)30-24(35)15-36-4/h5-12H,13-15H2,1-4H3,(H,30,35)(H2,26,27,28,29). The fraction of sp³-hybridized carbons (Fsp3) is 0.280. The third-order valence-corrected chi connectivity index (χ3v) is 5.41. The summed E-state index contributed by atoms with van der Waals surface area (Å²) in [7, 11) is 1.49. The molecule has 0 saturated heterocycles. The second-order valence-electron chi connectivity index (χ2n) is 8.32. The van der Waals surface area contributed by atoms with Gasteiger partial charge in [-0.15, -0.1) is 5.10 Å². The maximum absolute atomic E-state index is 11.8. The van der Waals surface area contributed by atoms with Crippen LogP contribution in [0.2, 0.25) is 0 Å². The quantitative estimate of drug-likeness (QED) is 0.308. The summed E-state index contributed by atoms with van der Waals surface area (Å²) in [6.07, 6.45) is 0. The van der Waals surface area contributed by atoms with Crippen molar-refractivity contribution in [3.8, 4) is 5.69 Å². The highest BCUT2D eigenvalue weighted by molar-refractivity contribution is 5.91. The van der Waals surface area contributed by atoms with Gasteiger partial charge in [-0.1, -0.05) is 30.3 Å². The molecule has 0 bridgehead atoms. The molecule has 11 heteroatoms. The van der Waals surface area contributed by atoms with Gasteiger partial charge < -0.3 is 20.7 Å². The van der Waals surface area contributed by atoms with Gasteiger partial charge in [0.25, 0.3) is 0 Å². The average molecular weight is 488 g/mol. The first-order valence-corrected chi connectivity index (χ1v) is 11.5. The number of para-hydroxylation sites is 1. The molecule has 36 heavy (non-hydrogen) atoms. The number of benzene rings is 2. The largest absolute Gasteiger partial charge is 0.375 e. The van der Waals surface area contributed by atoms with Gasteiger partial charge in [-0.3, -0.25) is 4.79 Å². The highest BCUT2D eigenvalue weighted by atomic mass is 16.5. The average Bonchev–Trinajstić information content (AvgIpc) is 3.29. The van der Waals surface area contributed by atoms with Crippen LogP contribution >= 0.6 is 0 Å². The van der Waals surface area contributed by atoms with Gasteiger partial charge in [0.05, 0.1) is 12.2 Å². The van der Waals surface area contributed by atoms with Gasteiger partial charge in [0.15, 0.2) is 5.82 Å². The van der Waals surface area contributed by atoms with E-state index >= 15 is 0 Å². The number of tetrazole rings is 1. The number of carbonyl (C=O) groups excluding carboxylic acids is 1. The summed E-state index contributed by atoms with van der Waals surface area (Å²) in [6, 6.07) is 15.5. The third-order valence-electron chi connectivity index (χ3n) is 5.41. The molecule has 0 unspecified atom stereocenters. The van der Waals surface area contributed by atoms with Crippen molar-refractivity contribution in [2.45, 2.75) is 33.9 Å².